The number of anilines is 1. The third-order valence-electron chi connectivity index (χ3n) is 9.17. The van der Waals surface area contributed by atoms with Crippen molar-refractivity contribution in [3.05, 3.63) is 59.4 Å². The molecule has 8 heteroatoms. The van der Waals surface area contributed by atoms with Crippen LogP contribution in [0.5, 0.6) is 0 Å². The van der Waals surface area contributed by atoms with Crippen LogP contribution in [-0.4, -0.2) is 59.0 Å². The molecule has 1 saturated heterocycles. The first-order valence-corrected chi connectivity index (χ1v) is 13.0. The summed E-state index contributed by atoms with van der Waals surface area (Å²) in [4.78, 5) is 10.2. The summed E-state index contributed by atoms with van der Waals surface area (Å²) in [5.41, 5.74) is 1.19. The van der Waals surface area contributed by atoms with Crippen molar-refractivity contribution in [2.45, 2.75) is 75.5 Å². The number of benzene rings is 1. The Morgan fingerprint density at radius 1 is 1.08 bits per heavy atom. The Morgan fingerprint density at radius 2 is 1.75 bits per heavy atom. The van der Waals surface area contributed by atoms with E-state index >= 15 is 0 Å². The van der Waals surface area contributed by atoms with E-state index in [1.807, 2.05) is 11.0 Å². The fourth-order valence-corrected chi connectivity index (χ4v) is 6.68. The zero-order valence-electron chi connectivity index (χ0n) is 21.4. The maximum absolute atomic E-state index is 13.2. The average molecular weight is 503 g/mol. The second-order valence-corrected chi connectivity index (χ2v) is 11.3. The van der Waals surface area contributed by atoms with E-state index in [9.17, 15) is 18.3 Å². The average Bonchev–Trinajstić information content (AvgIpc) is 3.07. The molecule has 5 rings (SSSR count). The van der Waals surface area contributed by atoms with Crippen molar-refractivity contribution in [2.24, 2.45) is 5.92 Å². The molecule has 196 valence electrons. The van der Waals surface area contributed by atoms with Crippen LogP contribution >= 0.6 is 0 Å². The number of nitrogens with zero attached hydrogens (tertiary/aromatic N) is 4. The number of aryl methyl sites for hydroxylation is 1. The number of halogens is 3. The minimum Gasteiger partial charge on any atom is -0.361 e. The van der Waals surface area contributed by atoms with Crippen LogP contribution in [0.25, 0.3) is 0 Å². The van der Waals surface area contributed by atoms with Crippen LogP contribution in [0.15, 0.2) is 42.6 Å². The molecule has 1 unspecified atom stereocenters. The molecular weight excluding hydrogens is 465 g/mol. The van der Waals surface area contributed by atoms with Gasteiger partial charge in [-0.3, -0.25) is 9.80 Å². The van der Waals surface area contributed by atoms with Gasteiger partial charge >= 0.3 is 6.18 Å². The van der Waals surface area contributed by atoms with Gasteiger partial charge in [-0.15, -0.1) is 0 Å². The number of pyridine rings is 1. The quantitative estimate of drug-likeness (QED) is 0.595. The lowest BCUT2D eigenvalue weighted by Crippen LogP contribution is -2.57. The first-order chi connectivity index (χ1) is 17.1. The molecule has 2 saturated carbocycles. The van der Waals surface area contributed by atoms with E-state index < -0.39 is 18.2 Å². The van der Waals surface area contributed by atoms with Gasteiger partial charge < -0.3 is 10.0 Å². The minimum atomic E-state index is -4.49. The van der Waals surface area contributed by atoms with Gasteiger partial charge in [-0.05, 0) is 82.7 Å². The summed E-state index contributed by atoms with van der Waals surface area (Å²) in [6.07, 6.45) is 3.24. The van der Waals surface area contributed by atoms with Crippen molar-refractivity contribution in [1.82, 2.24) is 14.8 Å². The summed E-state index contributed by atoms with van der Waals surface area (Å²) >= 11 is 0. The van der Waals surface area contributed by atoms with Crippen LogP contribution in [0.4, 0.5) is 18.9 Å². The number of hydrogen-bond donors (Lipinski definition) is 1. The second-order valence-electron chi connectivity index (χ2n) is 11.3. The molecule has 1 N–H and O–H groups in total. The number of alkyl halides is 3. The molecule has 1 spiro atoms. The summed E-state index contributed by atoms with van der Waals surface area (Å²) < 4.78 is 39.7. The number of hydrogen-bond acceptors (Lipinski definition) is 5. The van der Waals surface area contributed by atoms with Crippen molar-refractivity contribution >= 4 is 5.69 Å². The van der Waals surface area contributed by atoms with Crippen molar-refractivity contribution in [2.75, 3.05) is 32.1 Å². The zero-order chi connectivity index (χ0) is 25.7. The summed E-state index contributed by atoms with van der Waals surface area (Å²) in [7, 11) is 4.29. The van der Waals surface area contributed by atoms with E-state index in [-0.39, 0.29) is 11.1 Å². The smallest absolute Gasteiger partial charge is 0.361 e. The fraction of sp³-hybridized carbons (Fsp3) is 0.607. The van der Waals surface area contributed by atoms with Crippen LogP contribution in [0, 0.1) is 12.8 Å². The Labute approximate surface area is 211 Å². The van der Waals surface area contributed by atoms with Gasteiger partial charge in [0.25, 0.3) is 0 Å². The summed E-state index contributed by atoms with van der Waals surface area (Å²) in [6, 6.07) is 11.7. The predicted octanol–water partition coefficient (Wildman–Crippen LogP) is 5.38. The van der Waals surface area contributed by atoms with Gasteiger partial charge in [-0.2, -0.15) is 13.2 Å². The first kappa shape index (κ1) is 25.5. The topological polar surface area (TPSA) is 42.8 Å². The van der Waals surface area contributed by atoms with Crippen LogP contribution < -0.4 is 4.90 Å². The van der Waals surface area contributed by atoms with Gasteiger partial charge in [0.1, 0.15) is 5.69 Å². The number of aliphatic hydroxyl groups is 1. The van der Waals surface area contributed by atoms with E-state index in [2.05, 4.69) is 53.1 Å². The Bertz CT molecular complexity index is 1060. The lowest BCUT2D eigenvalue weighted by molar-refractivity contribution is -0.141. The molecule has 0 radical (unpaired) electrons. The number of aromatic nitrogens is 1. The van der Waals surface area contributed by atoms with Crippen molar-refractivity contribution in [3.63, 3.8) is 0 Å². The molecule has 3 fully saturated rings. The molecule has 0 bridgehead atoms. The molecular formula is C28H37F3N4O. The summed E-state index contributed by atoms with van der Waals surface area (Å²) in [5.74, 6) is 0.568. The summed E-state index contributed by atoms with van der Waals surface area (Å²) in [6.45, 7) is 3.09. The van der Waals surface area contributed by atoms with Gasteiger partial charge in [0, 0.05) is 24.2 Å². The third kappa shape index (κ3) is 4.31. The molecule has 3 aliphatic rings. The first-order valence-electron chi connectivity index (χ1n) is 13.0. The Balaban J connectivity index is 1.45. The second kappa shape index (κ2) is 9.30. The monoisotopic (exact) mass is 502 g/mol. The molecule has 5 nitrogen and oxygen atoms in total. The number of rotatable bonds is 5. The molecule has 2 aromatic rings. The molecule has 2 heterocycles. The predicted molar refractivity (Wildman–Crippen MR) is 134 cm³/mol. The summed E-state index contributed by atoms with van der Waals surface area (Å²) in [5, 5.41) is 11.6. The van der Waals surface area contributed by atoms with Crippen molar-refractivity contribution in [1.29, 1.82) is 0 Å². The van der Waals surface area contributed by atoms with Crippen LogP contribution in [0.1, 0.15) is 61.8 Å². The van der Waals surface area contributed by atoms with E-state index in [1.165, 1.54) is 31.0 Å². The van der Waals surface area contributed by atoms with Crippen LogP contribution in [0.2, 0.25) is 0 Å². The molecule has 1 aromatic heterocycles. The number of aliphatic hydroxyl groups excluding tert-OH is 1. The zero-order valence-corrected chi connectivity index (χ0v) is 21.4. The molecule has 0 amide bonds. The van der Waals surface area contributed by atoms with Gasteiger partial charge in [-0.25, -0.2) is 4.98 Å². The van der Waals surface area contributed by atoms with Crippen molar-refractivity contribution in [3.8, 4) is 0 Å². The maximum atomic E-state index is 13.2. The Hall–Kier alpha value is -2.16. The standard InChI is InChI=1S/C28H37F3N4O/c1-20-16-24(28(29,30)31)32-17-23(20)34-19-26(35(25(34)36)18-21-8-7-9-21)12-14-27(15-13-26,33(2)3)22-10-5-4-6-11-22/h4-6,10-11,16-17,21,25,36H,7-9,12-15,18-19H2,1-3H3/t25?,26-,27+. The highest BCUT2D eigenvalue weighted by Gasteiger charge is 2.55. The highest BCUT2D eigenvalue weighted by atomic mass is 19.4. The van der Waals surface area contributed by atoms with Crippen molar-refractivity contribution < 1.29 is 18.3 Å². The molecule has 1 atom stereocenters. The van der Waals surface area contributed by atoms with Gasteiger partial charge in [0.2, 0.25) is 0 Å². The highest BCUT2D eigenvalue weighted by Crippen LogP contribution is 2.51. The van der Waals surface area contributed by atoms with Gasteiger partial charge in [-0.1, -0.05) is 36.8 Å². The molecule has 1 aliphatic heterocycles. The fourth-order valence-electron chi connectivity index (χ4n) is 6.68. The Morgan fingerprint density at radius 3 is 2.28 bits per heavy atom. The lowest BCUT2D eigenvalue weighted by atomic mass is 9.68. The SMILES string of the molecule is Cc1cc(C(F)(F)F)ncc1N1C[C@]2(CC[C@](c3ccccc3)(N(C)C)CC2)N(CC2CCC2)C1O. The molecule has 36 heavy (non-hydrogen) atoms. The van der Waals surface area contributed by atoms with Crippen LogP contribution in [-0.2, 0) is 11.7 Å². The van der Waals surface area contributed by atoms with Crippen LogP contribution in [0.3, 0.4) is 0 Å². The van der Waals surface area contributed by atoms with E-state index in [1.54, 1.807) is 6.92 Å². The third-order valence-corrected chi connectivity index (χ3v) is 9.17. The lowest BCUT2D eigenvalue weighted by Gasteiger charge is -2.52. The van der Waals surface area contributed by atoms with Gasteiger partial charge in [0.15, 0.2) is 6.35 Å². The molecule has 1 aromatic carbocycles. The largest absolute Gasteiger partial charge is 0.433 e. The maximum Gasteiger partial charge on any atom is 0.433 e. The minimum absolute atomic E-state index is 0.0706. The molecule has 2 aliphatic carbocycles. The van der Waals surface area contributed by atoms with E-state index in [0.717, 1.165) is 38.3 Å². The van der Waals surface area contributed by atoms with E-state index in [0.29, 0.717) is 23.7 Å². The normalized spacial score (nSPS) is 29.8. The van der Waals surface area contributed by atoms with E-state index in [4.69, 9.17) is 0 Å². The van der Waals surface area contributed by atoms with Gasteiger partial charge in [0.05, 0.1) is 11.9 Å². The Kier molecular flexibility index (Phi) is 6.58. The highest BCUT2D eigenvalue weighted by molar-refractivity contribution is 5.54.